The van der Waals surface area contributed by atoms with Gasteiger partial charge in [0.25, 0.3) is 0 Å². The van der Waals surface area contributed by atoms with E-state index in [1.54, 1.807) is 18.5 Å². The maximum Gasteiger partial charge on any atom is 0.417 e. The van der Waals surface area contributed by atoms with Crippen LogP contribution in [-0.4, -0.2) is 48.7 Å². The highest BCUT2D eigenvalue weighted by Crippen LogP contribution is 2.31. The largest absolute Gasteiger partial charge is 0.417 e. The third-order valence-corrected chi connectivity index (χ3v) is 5.15. The Balaban J connectivity index is 1.49. The quantitative estimate of drug-likeness (QED) is 0.537. The number of nitrogens with one attached hydrogen (secondary N) is 1. The van der Waals surface area contributed by atoms with E-state index >= 15 is 0 Å². The van der Waals surface area contributed by atoms with Crippen LogP contribution < -0.4 is 4.90 Å². The minimum atomic E-state index is -4.45. The Morgan fingerprint density at radius 2 is 1.97 bits per heavy atom. The van der Waals surface area contributed by atoms with E-state index in [4.69, 9.17) is 4.74 Å². The molecule has 1 aliphatic heterocycles. The second kappa shape index (κ2) is 7.34. The molecule has 0 bridgehead atoms. The molecule has 1 N–H and O–H groups in total. The molecular weight excluding hydrogens is 411 g/mol. The van der Waals surface area contributed by atoms with Gasteiger partial charge in [-0.05, 0) is 31.2 Å². The van der Waals surface area contributed by atoms with E-state index in [1.807, 2.05) is 17.9 Å². The van der Waals surface area contributed by atoms with Crippen molar-refractivity contribution in [3.05, 3.63) is 60.3 Å². The van der Waals surface area contributed by atoms with E-state index in [9.17, 15) is 13.2 Å². The fraction of sp³-hybridized carbons (Fsp3) is 0.300. The van der Waals surface area contributed by atoms with Crippen molar-refractivity contribution in [2.24, 2.45) is 0 Å². The molecule has 160 valence electrons. The first-order valence-corrected chi connectivity index (χ1v) is 9.66. The number of pyridine rings is 1. The molecule has 1 saturated heterocycles. The topological polar surface area (TPSA) is 84.2 Å². The zero-order valence-corrected chi connectivity index (χ0v) is 16.4. The summed E-state index contributed by atoms with van der Waals surface area (Å²) >= 11 is 0. The summed E-state index contributed by atoms with van der Waals surface area (Å²) in [6.45, 7) is 3.06. The Morgan fingerprint density at radius 1 is 1.10 bits per heavy atom. The van der Waals surface area contributed by atoms with Crippen LogP contribution in [0.4, 0.5) is 19.1 Å². The number of alkyl halides is 3. The van der Waals surface area contributed by atoms with Gasteiger partial charge >= 0.3 is 6.18 Å². The van der Waals surface area contributed by atoms with Crippen LogP contribution in [0.25, 0.3) is 17.0 Å². The van der Waals surface area contributed by atoms with E-state index in [1.165, 1.54) is 16.7 Å². The van der Waals surface area contributed by atoms with Gasteiger partial charge < -0.3 is 9.64 Å². The second-order valence-corrected chi connectivity index (χ2v) is 7.38. The molecule has 1 aliphatic rings. The zero-order chi connectivity index (χ0) is 21.6. The molecule has 0 spiro atoms. The van der Waals surface area contributed by atoms with Crippen LogP contribution in [0.5, 0.6) is 0 Å². The van der Waals surface area contributed by atoms with Crippen molar-refractivity contribution < 1.29 is 17.9 Å². The molecule has 4 aromatic rings. The van der Waals surface area contributed by atoms with Crippen molar-refractivity contribution in [2.45, 2.75) is 25.3 Å². The van der Waals surface area contributed by atoms with Crippen LogP contribution in [0.3, 0.4) is 0 Å². The van der Waals surface area contributed by atoms with Crippen LogP contribution >= 0.6 is 0 Å². The van der Waals surface area contributed by atoms with Crippen molar-refractivity contribution in [1.29, 1.82) is 0 Å². The van der Waals surface area contributed by atoms with Gasteiger partial charge in [0.2, 0.25) is 5.95 Å². The maximum atomic E-state index is 13.2. The van der Waals surface area contributed by atoms with Crippen LogP contribution in [0.15, 0.2) is 49.1 Å². The van der Waals surface area contributed by atoms with Crippen LogP contribution in [0.2, 0.25) is 0 Å². The Hall–Kier alpha value is -3.47. The number of ether oxygens (including phenoxy) is 1. The number of aromatic nitrogens is 6. The fourth-order valence-electron chi connectivity index (χ4n) is 3.71. The highest BCUT2D eigenvalue weighted by molar-refractivity contribution is 5.61. The number of rotatable bonds is 3. The van der Waals surface area contributed by atoms with Gasteiger partial charge in [0.15, 0.2) is 0 Å². The highest BCUT2D eigenvalue weighted by Gasteiger charge is 2.31. The number of hydrogen-bond donors (Lipinski definition) is 1. The number of nitrogens with zero attached hydrogens (tertiary/aromatic N) is 6. The lowest BCUT2D eigenvalue weighted by Crippen LogP contribution is -2.43. The summed E-state index contributed by atoms with van der Waals surface area (Å²) < 4.78 is 46.9. The lowest BCUT2D eigenvalue weighted by Gasteiger charge is -2.36. The first-order chi connectivity index (χ1) is 14.9. The van der Waals surface area contributed by atoms with E-state index in [0.29, 0.717) is 36.1 Å². The average Bonchev–Trinajstić information content (AvgIpc) is 3.42. The van der Waals surface area contributed by atoms with E-state index in [0.717, 1.165) is 18.0 Å². The van der Waals surface area contributed by atoms with Gasteiger partial charge in [-0.3, -0.25) is 9.50 Å². The van der Waals surface area contributed by atoms with Gasteiger partial charge in [0, 0.05) is 25.1 Å². The van der Waals surface area contributed by atoms with Crippen LogP contribution in [0.1, 0.15) is 24.3 Å². The lowest BCUT2D eigenvalue weighted by atomic mass is 10.2. The zero-order valence-electron chi connectivity index (χ0n) is 16.4. The molecule has 0 radical (unpaired) electrons. The monoisotopic (exact) mass is 429 g/mol. The molecule has 0 saturated carbocycles. The molecular formula is C20H18F3N7O. The molecule has 0 aromatic carbocycles. The normalized spacial score (nSPS) is 19.8. The number of aromatic amines is 1. The molecule has 5 rings (SSSR count). The highest BCUT2D eigenvalue weighted by atomic mass is 19.4. The summed E-state index contributed by atoms with van der Waals surface area (Å²) in [6, 6.07) is 5.87. The van der Waals surface area contributed by atoms with Gasteiger partial charge in [-0.15, -0.1) is 0 Å². The van der Waals surface area contributed by atoms with Gasteiger partial charge in [-0.25, -0.2) is 15.0 Å². The van der Waals surface area contributed by atoms with Crippen molar-refractivity contribution in [2.75, 3.05) is 18.0 Å². The number of hydrogen-bond acceptors (Lipinski definition) is 6. The van der Waals surface area contributed by atoms with Crippen molar-refractivity contribution >= 4 is 11.6 Å². The van der Waals surface area contributed by atoms with Gasteiger partial charge in [0.05, 0.1) is 41.5 Å². The maximum absolute atomic E-state index is 13.2. The molecule has 4 aromatic heterocycles. The van der Waals surface area contributed by atoms with E-state index < -0.39 is 11.7 Å². The van der Waals surface area contributed by atoms with Gasteiger partial charge in [-0.1, -0.05) is 0 Å². The number of imidazole rings is 1. The number of morpholine rings is 1. The molecule has 31 heavy (non-hydrogen) atoms. The molecule has 0 aliphatic carbocycles. The molecule has 2 atom stereocenters. The third kappa shape index (κ3) is 3.72. The van der Waals surface area contributed by atoms with E-state index in [2.05, 4.69) is 25.1 Å². The first-order valence-electron chi connectivity index (χ1n) is 9.66. The molecule has 11 heteroatoms. The first kappa shape index (κ1) is 19.5. The van der Waals surface area contributed by atoms with Crippen molar-refractivity contribution in [3.63, 3.8) is 0 Å². The Kier molecular flexibility index (Phi) is 4.62. The van der Waals surface area contributed by atoms with Gasteiger partial charge in [-0.2, -0.15) is 18.3 Å². The number of H-pyrrole nitrogens is 1. The smallest absolute Gasteiger partial charge is 0.365 e. The summed E-state index contributed by atoms with van der Waals surface area (Å²) in [7, 11) is 0. The number of halogens is 3. The minimum absolute atomic E-state index is 0.0700. The minimum Gasteiger partial charge on any atom is -0.365 e. The number of fused-ring (bicyclic) bond motifs is 1. The lowest BCUT2D eigenvalue weighted by molar-refractivity contribution is -0.137. The van der Waals surface area contributed by atoms with E-state index in [-0.39, 0.29) is 12.2 Å². The average molecular weight is 429 g/mol. The predicted molar refractivity (Wildman–Crippen MR) is 105 cm³/mol. The number of anilines is 1. The standard InChI is InChI=1S/C20H18F3N7O/c1-12-9-29(11-17(31-12)15-5-7-26-28-15)19-24-6-4-14(27-19)16-8-25-18-3-2-13(10-30(16)18)20(21,22)23/h2-8,10,12,17H,9,11H2,1H3,(H,26,28)/t12-,17+/m0/s1. The second-order valence-electron chi connectivity index (χ2n) is 7.38. The van der Waals surface area contributed by atoms with Crippen molar-refractivity contribution in [3.8, 4) is 11.4 Å². The summed E-state index contributed by atoms with van der Waals surface area (Å²) in [5, 5.41) is 6.90. The Labute approximate surface area is 174 Å². The molecule has 1 fully saturated rings. The third-order valence-electron chi connectivity index (χ3n) is 5.15. The summed E-state index contributed by atoms with van der Waals surface area (Å²) in [4.78, 5) is 15.2. The molecule has 5 heterocycles. The Bertz CT molecular complexity index is 1210. The molecule has 0 unspecified atom stereocenters. The Morgan fingerprint density at radius 3 is 2.74 bits per heavy atom. The van der Waals surface area contributed by atoms with Crippen LogP contribution in [0, 0.1) is 0 Å². The summed E-state index contributed by atoms with van der Waals surface area (Å²) in [5.74, 6) is 0.471. The van der Waals surface area contributed by atoms with Crippen LogP contribution in [-0.2, 0) is 10.9 Å². The fourth-order valence-corrected chi connectivity index (χ4v) is 3.71. The summed E-state index contributed by atoms with van der Waals surface area (Å²) in [5.41, 5.74) is 1.44. The molecule has 0 amide bonds. The van der Waals surface area contributed by atoms with Crippen molar-refractivity contribution in [1.82, 2.24) is 29.5 Å². The SMILES string of the molecule is C[C@H]1CN(c2nccc(-c3cnc4ccc(C(F)(F)F)cn34)n2)C[C@H](c2ccn[nH]2)O1. The molecule has 8 nitrogen and oxygen atoms in total. The van der Waals surface area contributed by atoms with Gasteiger partial charge in [0.1, 0.15) is 11.8 Å². The predicted octanol–water partition coefficient (Wildman–Crippen LogP) is 3.50. The summed E-state index contributed by atoms with van der Waals surface area (Å²) in [6.07, 6.45) is 1.07.